The molecule has 1 fully saturated rings. The fraction of sp³-hybridized carbons (Fsp3) is 0.571. The number of nitrogens with zero attached hydrogens (tertiary/aromatic N) is 1. The molecule has 1 aliphatic heterocycles. The molecule has 1 aromatic carbocycles. The highest BCUT2D eigenvalue weighted by molar-refractivity contribution is 5.29. The molecule has 16 heavy (non-hydrogen) atoms. The van der Waals surface area contributed by atoms with Crippen LogP contribution in [0.3, 0.4) is 0 Å². The molecule has 1 aliphatic rings. The van der Waals surface area contributed by atoms with Gasteiger partial charge < -0.3 is 10.0 Å². The average molecular weight is 219 g/mol. The van der Waals surface area contributed by atoms with Crippen LogP contribution in [0.4, 0.5) is 0 Å². The summed E-state index contributed by atoms with van der Waals surface area (Å²) in [6.45, 7) is 4.66. The lowest BCUT2D eigenvalue weighted by Crippen LogP contribution is -2.13. The molecule has 2 heteroatoms. The van der Waals surface area contributed by atoms with Gasteiger partial charge in [-0.05, 0) is 37.1 Å². The molecule has 88 valence electrons. The van der Waals surface area contributed by atoms with Crippen molar-refractivity contribution in [2.45, 2.75) is 25.2 Å². The predicted octanol–water partition coefficient (Wildman–Crippen LogP) is 2.20. The van der Waals surface area contributed by atoms with Gasteiger partial charge in [0.1, 0.15) is 0 Å². The van der Waals surface area contributed by atoms with Crippen molar-refractivity contribution in [1.82, 2.24) is 4.90 Å². The lowest BCUT2D eigenvalue weighted by atomic mass is 9.93. The number of hydrogen-bond acceptors (Lipinski definition) is 2. The SMILES string of the molecule is CC(CO)c1cccc(C2CCN(C)C2)c1. The molecule has 0 radical (unpaired) electrons. The first-order valence-electron chi connectivity index (χ1n) is 6.10. The molecular formula is C14H21NO. The molecule has 2 nitrogen and oxygen atoms in total. The molecule has 0 aliphatic carbocycles. The van der Waals surface area contributed by atoms with E-state index in [2.05, 4.69) is 43.1 Å². The number of likely N-dealkylation sites (tertiary alicyclic amines) is 1. The van der Waals surface area contributed by atoms with Crippen molar-refractivity contribution < 1.29 is 5.11 Å². The Morgan fingerprint density at radius 3 is 2.94 bits per heavy atom. The third kappa shape index (κ3) is 2.45. The van der Waals surface area contributed by atoms with Gasteiger partial charge in [0.2, 0.25) is 0 Å². The van der Waals surface area contributed by atoms with Gasteiger partial charge in [0.25, 0.3) is 0 Å². The number of aliphatic hydroxyl groups is 1. The molecule has 2 unspecified atom stereocenters. The Labute approximate surface area is 97.9 Å². The zero-order valence-electron chi connectivity index (χ0n) is 10.2. The summed E-state index contributed by atoms with van der Waals surface area (Å²) in [5.74, 6) is 0.926. The van der Waals surface area contributed by atoms with E-state index in [9.17, 15) is 5.11 Å². The molecule has 2 rings (SSSR count). The number of likely N-dealkylation sites (N-methyl/N-ethyl adjacent to an activating group) is 1. The van der Waals surface area contributed by atoms with Crippen LogP contribution in [0, 0.1) is 0 Å². The second kappa shape index (κ2) is 4.98. The van der Waals surface area contributed by atoms with E-state index >= 15 is 0 Å². The van der Waals surface area contributed by atoms with Crippen molar-refractivity contribution in [3.8, 4) is 0 Å². The minimum absolute atomic E-state index is 0.230. The fourth-order valence-electron chi connectivity index (χ4n) is 2.43. The van der Waals surface area contributed by atoms with Gasteiger partial charge >= 0.3 is 0 Å². The molecule has 1 heterocycles. The molecule has 0 amide bonds. The summed E-state index contributed by atoms with van der Waals surface area (Å²) in [4.78, 5) is 2.38. The molecule has 0 spiro atoms. The van der Waals surface area contributed by atoms with E-state index in [1.807, 2.05) is 0 Å². The maximum Gasteiger partial charge on any atom is 0.0497 e. The molecule has 1 aromatic rings. The second-order valence-corrected chi connectivity index (χ2v) is 5.00. The largest absolute Gasteiger partial charge is 0.396 e. The lowest BCUT2D eigenvalue weighted by Gasteiger charge is -2.14. The van der Waals surface area contributed by atoms with E-state index in [1.165, 1.54) is 24.1 Å². The zero-order valence-corrected chi connectivity index (χ0v) is 10.2. The molecular weight excluding hydrogens is 198 g/mol. The maximum absolute atomic E-state index is 9.18. The van der Waals surface area contributed by atoms with Crippen LogP contribution in [0.25, 0.3) is 0 Å². The summed E-state index contributed by atoms with van der Waals surface area (Å²) in [5.41, 5.74) is 2.69. The van der Waals surface area contributed by atoms with Gasteiger partial charge in [0.05, 0.1) is 0 Å². The maximum atomic E-state index is 9.18. The van der Waals surface area contributed by atoms with E-state index in [0.717, 1.165) is 6.54 Å². The molecule has 1 N–H and O–H groups in total. The van der Waals surface area contributed by atoms with Gasteiger partial charge in [0, 0.05) is 19.1 Å². The van der Waals surface area contributed by atoms with Gasteiger partial charge in [-0.3, -0.25) is 0 Å². The van der Waals surface area contributed by atoms with Crippen LogP contribution in [0.2, 0.25) is 0 Å². The zero-order chi connectivity index (χ0) is 11.5. The summed E-state index contributed by atoms with van der Waals surface area (Å²) in [5, 5.41) is 9.18. The Morgan fingerprint density at radius 1 is 1.50 bits per heavy atom. The van der Waals surface area contributed by atoms with Crippen molar-refractivity contribution in [2.24, 2.45) is 0 Å². The van der Waals surface area contributed by atoms with Crippen LogP contribution < -0.4 is 0 Å². The van der Waals surface area contributed by atoms with E-state index in [1.54, 1.807) is 0 Å². The topological polar surface area (TPSA) is 23.5 Å². The molecule has 0 saturated carbocycles. The minimum Gasteiger partial charge on any atom is -0.396 e. The summed E-state index contributed by atoms with van der Waals surface area (Å²) >= 11 is 0. The summed E-state index contributed by atoms with van der Waals surface area (Å²) in [6, 6.07) is 8.72. The van der Waals surface area contributed by atoms with Gasteiger partial charge in [-0.15, -0.1) is 0 Å². The lowest BCUT2D eigenvalue weighted by molar-refractivity contribution is 0.273. The monoisotopic (exact) mass is 219 g/mol. The van der Waals surface area contributed by atoms with E-state index in [4.69, 9.17) is 0 Å². The van der Waals surface area contributed by atoms with E-state index in [-0.39, 0.29) is 12.5 Å². The number of benzene rings is 1. The smallest absolute Gasteiger partial charge is 0.0497 e. The quantitative estimate of drug-likeness (QED) is 0.842. The summed E-state index contributed by atoms with van der Waals surface area (Å²) in [6.07, 6.45) is 1.26. The van der Waals surface area contributed by atoms with E-state index < -0.39 is 0 Å². The highest BCUT2D eigenvalue weighted by Gasteiger charge is 2.21. The Bertz CT molecular complexity index is 350. The van der Waals surface area contributed by atoms with Crippen molar-refractivity contribution >= 4 is 0 Å². The highest BCUT2D eigenvalue weighted by atomic mass is 16.3. The van der Waals surface area contributed by atoms with Gasteiger partial charge in [-0.1, -0.05) is 31.2 Å². The number of rotatable bonds is 3. The standard InChI is InChI=1S/C14H21NO/c1-11(10-16)12-4-3-5-13(8-12)14-6-7-15(2)9-14/h3-5,8,11,14,16H,6-7,9-10H2,1-2H3. The normalized spacial score (nSPS) is 23.6. The van der Waals surface area contributed by atoms with Gasteiger partial charge in [-0.25, -0.2) is 0 Å². The van der Waals surface area contributed by atoms with Crippen molar-refractivity contribution in [3.63, 3.8) is 0 Å². The predicted molar refractivity (Wildman–Crippen MR) is 66.8 cm³/mol. The minimum atomic E-state index is 0.230. The van der Waals surface area contributed by atoms with Crippen LogP contribution in [-0.4, -0.2) is 36.8 Å². The van der Waals surface area contributed by atoms with E-state index in [0.29, 0.717) is 5.92 Å². The van der Waals surface area contributed by atoms with Crippen molar-refractivity contribution in [1.29, 1.82) is 0 Å². The van der Waals surface area contributed by atoms with Crippen molar-refractivity contribution in [2.75, 3.05) is 26.7 Å². The van der Waals surface area contributed by atoms with Crippen LogP contribution >= 0.6 is 0 Å². The number of aliphatic hydroxyl groups excluding tert-OH is 1. The number of hydrogen-bond donors (Lipinski definition) is 1. The highest BCUT2D eigenvalue weighted by Crippen LogP contribution is 2.28. The van der Waals surface area contributed by atoms with Crippen molar-refractivity contribution in [3.05, 3.63) is 35.4 Å². The summed E-state index contributed by atoms with van der Waals surface area (Å²) < 4.78 is 0. The summed E-state index contributed by atoms with van der Waals surface area (Å²) in [7, 11) is 2.18. The van der Waals surface area contributed by atoms with Crippen LogP contribution in [0.5, 0.6) is 0 Å². The Morgan fingerprint density at radius 2 is 2.31 bits per heavy atom. The average Bonchev–Trinajstić information content (AvgIpc) is 2.75. The molecule has 2 atom stereocenters. The van der Waals surface area contributed by atoms with Gasteiger partial charge in [0.15, 0.2) is 0 Å². The molecule has 1 saturated heterocycles. The Balaban J connectivity index is 2.16. The van der Waals surface area contributed by atoms with Crippen LogP contribution in [-0.2, 0) is 0 Å². The Hall–Kier alpha value is -0.860. The first-order chi connectivity index (χ1) is 7.70. The van der Waals surface area contributed by atoms with Crippen LogP contribution in [0.15, 0.2) is 24.3 Å². The van der Waals surface area contributed by atoms with Gasteiger partial charge in [-0.2, -0.15) is 0 Å². The molecule has 0 aromatic heterocycles. The molecule has 0 bridgehead atoms. The third-order valence-corrected chi connectivity index (χ3v) is 3.62. The Kier molecular flexibility index (Phi) is 3.62. The second-order valence-electron chi connectivity index (χ2n) is 5.00. The first kappa shape index (κ1) is 11.6. The van der Waals surface area contributed by atoms with Crippen LogP contribution in [0.1, 0.15) is 36.3 Å². The fourth-order valence-corrected chi connectivity index (χ4v) is 2.43. The third-order valence-electron chi connectivity index (χ3n) is 3.62. The first-order valence-corrected chi connectivity index (χ1v) is 6.10.